The van der Waals surface area contributed by atoms with Crippen molar-refractivity contribution in [2.75, 3.05) is 74.5 Å². The molecule has 0 fully saturated rings. The van der Waals surface area contributed by atoms with Crippen molar-refractivity contribution < 1.29 is 57.1 Å². The summed E-state index contributed by atoms with van der Waals surface area (Å²) < 4.78 is 41.4. The van der Waals surface area contributed by atoms with E-state index in [2.05, 4.69) is 0 Å². The Hall–Kier alpha value is -3.56. The van der Waals surface area contributed by atoms with Crippen LogP contribution >= 0.6 is 47.0 Å². The minimum Gasteiger partial charge on any atom is -0.462 e. The smallest absolute Gasteiger partial charge is 0.348 e. The fourth-order valence-corrected chi connectivity index (χ4v) is 5.37. The van der Waals surface area contributed by atoms with Crippen LogP contribution < -0.4 is 0 Å². The molecule has 0 aromatic rings. The van der Waals surface area contributed by atoms with Gasteiger partial charge in [-0.3, -0.25) is 0 Å². The number of carbonyl (C=O) groups is 4. The van der Waals surface area contributed by atoms with Crippen molar-refractivity contribution in [3.8, 4) is 25.0 Å². The number of nitriles is 4. The van der Waals surface area contributed by atoms with E-state index in [0.717, 1.165) is 0 Å². The lowest BCUT2D eigenvalue weighted by Gasteiger charge is -2.33. The highest BCUT2D eigenvalue weighted by Crippen LogP contribution is 2.24. The average molecular weight is 765 g/mol. The van der Waals surface area contributed by atoms with Gasteiger partial charge in [0.15, 0.2) is 0 Å². The highest BCUT2D eigenvalue weighted by atomic mass is 32.2. The van der Waals surface area contributed by atoms with Gasteiger partial charge in [-0.05, 0) is 48.0 Å². The summed E-state index contributed by atoms with van der Waals surface area (Å²) in [6.45, 7) is -2.83. The number of esters is 4. The summed E-state index contributed by atoms with van der Waals surface area (Å²) >= 11 is 5.56. The Morgan fingerprint density at radius 3 is 0.837 bits per heavy atom. The van der Waals surface area contributed by atoms with E-state index in [1.54, 1.807) is 25.0 Å². The highest BCUT2D eigenvalue weighted by Gasteiger charge is 2.41. The van der Waals surface area contributed by atoms with Crippen LogP contribution in [-0.2, 0) is 57.1 Å². The normalized spacial score (nSPS) is 13.9. The fourth-order valence-electron chi connectivity index (χ4n) is 3.57. The summed E-state index contributed by atoms with van der Waals surface area (Å²) in [6.07, 6.45) is 8.15. The molecule has 0 rings (SSSR count). The maximum absolute atomic E-state index is 13.0. The van der Waals surface area contributed by atoms with Gasteiger partial charge in [-0.1, -0.05) is 0 Å². The molecular weight excluding hydrogens is 725 g/mol. The maximum atomic E-state index is 13.0. The van der Waals surface area contributed by atoms with Crippen molar-refractivity contribution >= 4 is 70.9 Å². The molecule has 0 heterocycles. The quantitative estimate of drug-likeness (QED) is 0.0632. The van der Waals surface area contributed by atoms with Gasteiger partial charge in [0.25, 0.3) is 25.0 Å². The Bertz CT molecular complexity index is 1010. The zero-order chi connectivity index (χ0) is 36.9. The Kier molecular flexibility index (Phi) is 26.2. The predicted octanol–water partition coefficient (Wildman–Crippen LogP) is 2.62. The topological polar surface area (TPSA) is 237 Å². The molecule has 0 saturated heterocycles. The molecule has 4 unspecified atom stereocenters. The summed E-state index contributed by atoms with van der Waals surface area (Å²) in [5.74, 6) is -2.19. The molecule has 0 aromatic heterocycles. The van der Waals surface area contributed by atoms with Gasteiger partial charge >= 0.3 is 23.9 Å². The van der Waals surface area contributed by atoms with Gasteiger partial charge in [0, 0.05) is 25.7 Å². The first-order chi connectivity index (χ1) is 23.6. The van der Waals surface area contributed by atoms with Crippen molar-refractivity contribution in [3.63, 3.8) is 0 Å². The summed E-state index contributed by atoms with van der Waals surface area (Å²) in [4.78, 5) is 52.1. The molecule has 0 radical (unpaired) electrons. The lowest BCUT2D eigenvalue weighted by atomic mass is 9.92. The molecule has 0 spiro atoms. The average Bonchev–Trinajstić information content (AvgIpc) is 3.10. The lowest BCUT2D eigenvalue weighted by Crippen LogP contribution is -2.47. The summed E-state index contributed by atoms with van der Waals surface area (Å²) in [5, 5.41) is 36.2. The van der Waals surface area contributed by atoms with Crippen molar-refractivity contribution in [2.24, 2.45) is 5.41 Å². The van der Waals surface area contributed by atoms with Crippen molar-refractivity contribution in [2.45, 2.75) is 50.1 Å². The Balaban J connectivity index is 6.64. The molecule has 16 nitrogen and oxygen atoms in total. The number of rotatable bonds is 28. The summed E-state index contributed by atoms with van der Waals surface area (Å²) in [6, 6.07) is 0. The molecule has 0 aliphatic heterocycles. The zero-order valence-corrected chi connectivity index (χ0v) is 30.9. The first-order valence-corrected chi connectivity index (χ1v) is 20.0. The van der Waals surface area contributed by atoms with Crippen LogP contribution in [-0.4, -0.2) is 123 Å². The van der Waals surface area contributed by atoms with Gasteiger partial charge in [0.05, 0.1) is 0 Å². The Morgan fingerprint density at radius 2 is 0.673 bits per heavy atom. The molecule has 0 bridgehead atoms. The van der Waals surface area contributed by atoms with Crippen LogP contribution in [0.5, 0.6) is 0 Å². The van der Waals surface area contributed by atoms with Crippen molar-refractivity contribution in [3.05, 3.63) is 0 Å². The van der Waals surface area contributed by atoms with Crippen LogP contribution in [0.4, 0.5) is 0 Å². The fraction of sp³-hybridized carbons (Fsp3) is 0.724. The highest BCUT2D eigenvalue weighted by molar-refractivity contribution is 7.99. The van der Waals surface area contributed by atoms with Gasteiger partial charge in [-0.25, -0.2) is 19.2 Å². The predicted molar refractivity (Wildman–Crippen MR) is 180 cm³/mol. The van der Waals surface area contributed by atoms with Crippen molar-refractivity contribution in [1.29, 1.82) is 21.0 Å². The van der Waals surface area contributed by atoms with Gasteiger partial charge < -0.3 is 37.9 Å². The molecule has 0 aliphatic carbocycles. The number of ether oxygens (including phenoxy) is 8. The van der Waals surface area contributed by atoms with E-state index < -0.39 is 80.1 Å². The van der Waals surface area contributed by atoms with Crippen LogP contribution in [0.3, 0.4) is 0 Å². The van der Waals surface area contributed by atoms with E-state index in [4.69, 9.17) is 58.9 Å². The van der Waals surface area contributed by atoms with Crippen LogP contribution in [0.25, 0.3) is 0 Å². The maximum Gasteiger partial charge on any atom is 0.348 e. The van der Waals surface area contributed by atoms with Crippen LogP contribution in [0, 0.1) is 51.5 Å². The minimum atomic E-state index is -1.81. The first kappa shape index (κ1) is 45.4. The summed E-state index contributed by atoms with van der Waals surface area (Å²) in [7, 11) is 0. The summed E-state index contributed by atoms with van der Waals surface area (Å²) in [5.41, 5.74) is -1.81. The van der Waals surface area contributed by atoms with E-state index in [-0.39, 0.29) is 25.7 Å². The lowest BCUT2D eigenvalue weighted by molar-refractivity contribution is -0.181. The molecule has 49 heavy (non-hydrogen) atoms. The Labute approximate surface area is 303 Å². The second-order valence-corrected chi connectivity index (χ2v) is 13.8. The van der Waals surface area contributed by atoms with E-state index in [1.165, 1.54) is 72.1 Å². The third kappa shape index (κ3) is 19.3. The third-order valence-electron chi connectivity index (χ3n) is 6.25. The molecular formula is C29H40N4O12S4. The van der Waals surface area contributed by atoms with Gasteiger partial charge in [0.1, 0.15) is 31.8 Å². The molecule has 0 saturated carbocycles. The molecule has 0 aliphatic rings. The van der Waals surface area contributed by atoms with Crippen LogP contribution in [0.1, 0.15) is 25.7 Å². The second-order valence-electron chi connectivity index (χ2n) is 9.85. The number of thioether (sulfide) groups is 4. The van der Waals surface area contributed by atoms with E-state index >= 15 is 0 Å². The van der Waals surface area contributed by atoms with Crippen molar-refractivity contribution in [1.82, 2.24) is 0 Å². The third-order valence-corrected chi connectivity index (χ3v) is 8.83. The Morgan fingerprint density at radius 1 is 0.469 bits per heavy atom. The minimum absolute atomic E-state index is 0.105. The standard InChI is InChI=1S/C29H40N4O12S4/c1-46-9-5-21(42-17-30)25(34)38-13-29(14-39-26(35)22(43-18-31)6-10-47-2,15-40-27(36)23(44-19-32)7-11-48-3)16-41-28(37)24(45-20-33)8-12-49-4/h21-24H,5-16H2,1-4H3. The van der Waals surface area contributed by atoms with Gasteiger partial charge in [-0.2, -0.15) is 68.1 Å². The molecule has 0 N–H and O–H groups in total. The number of hydrogen-bond acceptors (Lipinski definition) is 20. The first-order valence-electron chi connectivity index (χ1n) is 14.4. The van der Waals surface area contributed by atoms with Crippen LogP contribution in [0.2, 0.25) is 0 Å². The zero-order valence-electron chi connectivity index (χ0n) is 27.6. The van der Waals surface area contributed by atoms with Gasteiger partial charge in [-0.15, -0.1) is 0 Å². The van der Waals surface area contributed by atoms with E-state index in [0.29, 0.717) is 23.0 Å². The molecule has 0 aromatic carbocycles. The number of carbonyl (C=O) groups excluding carboxylic acids is 4. The van der Waals surface area contributed by atoms with Gasteiger partial charge in [0.2, 0.25) is 24.4 Å². The van der Waals surface area contributed by atoms with Crippen LogP contribution in [0.15, 0.2) is 0 Å². The van der Waals surface area contributed by atoms with E-state index in [9.17, 15) is 19.2 Å². The number of nitrogens with zero attached hydrogens (tertiary/aromatic N) is 4. The molecule has 0 amide bonds. The monoisotopic (exact) mass is 764 g/mol. The molecule has 4 atom stereocenters. The largest absolute Gasteiger partial charge is 0.462 e. The number of hydrogen-bond donors (Lipinski definition) is 0. The molecule has 272 valence electrons. The second kappa shape index (κ2) is 28.3. The van der Waals surface area contributed by atoms with E-state index in [1.807, 2.05) is 0 Å². The SMILES string of the molecule is CSCCC(OC#N)C(=O)OCC(COC(=O)C(CCSC)OC#N)(COC(=O)C(CCSC)OC#N)COC(=O)C(CCSC)OC#N. The molecule has 20 heteroatoms.